The largest absolute Gasteiger partial charge is 0.317 e. The zero-order valence-corrected chi connectivity index (χ0v) is 15.6. The number of nitrogens with one attached hydrogen (secondary N) is 4. The van der Waals surface area contributed by atoms with Gasteiger partial charge in [0.2, 0.25) is 0 Å². The zero-order chi connectivity index (χ0) is 16.5. The smallest absolute Gasteiger partial charge is 0.00508 e. The van der Waals surface area contributed by atoms with Gasteiger partial charge in [0.05, 0.1) is 0 Å². The van der Waals surface area contributed by atoms with Gasteiger partial charge in [0.25, 0.3) is 0 Å². The van der Waals surface area contributed by atoms with E-state index in [0.29, 0.717) is 12.1 Å². The van der Waals surface area contributed by atoms with Crippen molar-refractivity contribution in [2.45, 2.75) is 78.3 Å². The van der Waals surface area contributed by atoms with Gasteiger partial charge in [-0.05, 0) is 78.8 Å². The Bertz CT molecular complexity index is 211. The lowest BCUT2D eigenvalue weighted by atomic mass is 10.2. The summed E-state index contributed by atoms with van der Waals surface area (Å²) in [5.74, 6) is 0. The summed E-state index contributed by atoms with van der Waals surface area (Å²) >= 11 is 0. The van der Waals surface area contributed by atoms with Crippen LogP contribution in [0, 0.1) is 0 Å². The fraction of sp³-hybridized carbons (Fsp3) is 1.00. The van der Waals surface area contributed by atoms with Crippen molar-refractivity contribution in [2.24, 2.45) is 0 Å². The first kappa shape index (κ1) is 21.8. The standard InChI is InChI=1S/C18H42N4/c1-5-7-8-14-22-18(4)11-16-20-13-9-12-19-15-10-17(3)21-6-2/h17-22H,5-16H2,1-4H3. The highest BCUT2D eigenvalue weighted by Gasteiger charge is 2.00. The van der Waals surface area contributed by atoms with Gasteiger partial charge in [-0.15, -0.1) is 0 Å². The highest BCUT2D eigenvalue weighted by Crippen LogP contribution is 1.94. The van der Waals surface area contributed by atoms with Crippen LogP contribution in [0.5, 0.6) is 0 Å². The van der Waals surface area contributed by atoms with Crippen molar-refractivity contribution in [3.05, 3.63) is 0 Å². The topological polar surface area (TPSA) is 48.1 Å². The molecule has 0 bridgehead atoms. The van der Waals surface area contributed by atoms with Crippen molar-refractivity contribution in [2.75, 3.05) is 39.3 Å². The second-order valence-electron chi connectivity index (χ2n) is 6.45. The summed E-state index contributed by atoms with van der Waals surface area (Å²) in [7, 11) is 0. The molecule has 0 amide bonds. The summed E-state index contributed by atoms with van der Waals surface area (Å²) in [4.78, 5) is 0. The van der Waals surface area contributed by atoms with Gasteiger partial charge < -0.3 is 21.3 Å². The van der Waals surface area contributed by atoms with E-state index in [4.69, 9.17) is 0 Å². The molecule has 4 nitrogen and oxygen atoms in total. The molecule has 0 fully saturated rings. The summed E-state index contributed by atoms with van der Waals surface area (Å²) in [5.41, 5.74) is 0. The third-order valence-electron chi connectivity index (χ3n) is 4.04. The molecule has 4 N–H and O–H groups in total. The minimum atomic E-state index is 0.627. The molecule has 2 atom stereocenters. The van der Waals surface area contributed by atoms with E-state index in [2.05, 4.69) is 49.0 Å². The highest BCUT2D eigenvalue weighted by molar-refractivity contribution is 4.64. The molecule has 0 saturated heterocycles. The van der Waals surface area contributed by atoms with E-state index in [1.165, 1.54) is 45.1 Å². The first-order chi connectivity index (χ1) is 10.7. The lowest BCUT2D eigenvalue weighted by Crippen LogP contribution is -2.32. The Morgan fingerprint density at radius 2 is 1.23 bits per heavy atom. The van der Waals surface area contributed by atoms with Crippen molar-refractivity contribution in [1.82, 2.24) is 21.3 Å². The number of hydrogen-bond donors (Lipinski definition) is 4. The van der Waals surface area contributed by atoms with E-state index in [1.54, 1.807) is 0 Å². The molecular formula is C18H42N4. The normalized spacial score (nSPS) is 14.2. The van der Waals surface area contributed by atoms with Crippen LogP contribution in [0.1, 0.15) is 66.2 Å². The van der Waals surface area contributed by atoms with Crippen LogP contribution in [0.25, 0.3) is 0 Å². The van der Waals surface area contributed by atoms with Gasteiger partial charge in [0.1, 0.15) is 0 Å². The number of unbranched alkanes of at least 4 members (excludes halogenated alkanes) is 2. The third kappa shape index (κ3) is 16.2. The van der Waals surface area contributed by atoms with E-state index >= 15 is 0 Å². The lowest BCUT2D eigenvalue weighted by molar-refractivity contribution is 0.473. The second kappa shape index (κ2) is 17.2. The molecule has 0 aromatic heterocycles. The maximum Gasteiger partial charge on any atom is 0.00508 e. The summed E-state index contributed by atoms with van der Waals surface area (Å²) in [6.45, 7) is 15.7. The molecule has 0 radical (unpaired) electrons. The molecule has 0 aliphatic carbocycles. The highest BCUT2D eigenvalue weighted by atomic mass is 14.9. The van der Waals surface area contributed by atoms with E-state index in [1.807, 2.05) is 0 Å². The zero-order valence-electron chi connectivity index (χ0n) is 15.6. The van der Waals surface area contributed by atoms with Crippen molar-refractivity contribution in [3.63, 3.8) is 0 Å². The van der Waals surface area contributed by atoms with Crippen LogP contribution in [0.4, 0.5) is 0 Å². The van der Waals surface area contributed by atoms with Crippen LogP contribution in [-0.2, 0) is 0 Å². The first-order valence-corrected chi connectivity index (χ1v) is 9.58. The van der Waals surface area contributed by atoms with Crippen molar-refractivity contribution in [3.8, 4) is 0 Å². The predicted octanol–water partition coefficient (Wildman–Crippen LogP) is 2.50. The Balaban J connectivity index is 3.16. The molecular weight excluding hydrogens is 272 g/mol. The van der Waals surface area contributed by atoms with Crippen molar-refractivity contribution >= 4 is 0 Å². The lowest BCUT2D eigenvalue weighted by Gasteiger charge is -2.14. The van der Waals surface area contributed by atoms with Gasteiger partial charge in [0.15, 0.2) is 0 Å². The van der Waals surface area contributed by atoms with Crippen molar-refractivity contribution in [1.29, 1.82) is 0 Å². The molecule has 0 aliphatic rings. The number of hydrogen-bond acceptors (Lipinski definition) is 4. The minimum Gasteiger partial charge on any atom is -0.317 e. The van der Waals surface area contributed by atoms with Crippen LogP contribution in [-0.4, -0.2) is 51.4 Å². The molecule has 22 heavy (non-hydrogen) atoms. The van der Waals surface area contributed by atoms with Crippen molar-refractivity contribution < 1.29 is 0 Å². The van der Waals surface area contributed by atoms with E-state index in [9.17, 15) is 0 Å². The Morgan fingerprint density at radius 3 is 1.77 bits per heavy atom. The predicted molar refractivity (Wildman–Crippen MR) is 99.7 cm³/mol. The van der Waals surface area contributed by atoms with Gasteiger partial charge in [-0.1, -0.05) is 26.7 Å². The monoisotopic (exact) mass is 314 g/mol. The fourth-order valence-electron chi connectivity index (χ4n) is 2.50. The maximum absolute atomic E-state index is 3.60. The van der Waals surface area contributed by atoms with E-state index < -0.39 is 0 Å². The Hall–Kier alpha value is -0.160. The van der Waals surface area contributed by atoms with Crippen LogP contribution in [0.2, 0.25) is 0 Å². The van der Waals surface area contributed by atoms with E-state index in [-0.39, 0.29) is 0 Å². The number of rotatable bonds is 17. The summed E-state index contributed by atoms with van der Waals surface area (Å²) < 4.78 is 0. The van der Waals surface area contributed by atoms with Gasteiger partial charge in [-0.2, -0.15) is 0 Å². The molecule has 0 aromatic rings. The average Bonchev–Trinajstić information content (AvgIpc) is 2.50. The summed E-state index contributed by atoms with van der Waals surface area (Å²) in [6.07, 6.45) is 7.61. The van der Waals surface area contributed by atoms with E-state index in [0.717, 1.165) is 32.7 Å². The first-order valence-electron chi connectivity index (χ1n) is 9.58. The molecule has 0 rings (SSSR count). The third-order valence-corrected chi connectivity index (χ3v) is 4.04. The fourth-order valence-corrected chi connectivity index (χ4v) is 2.50. The molecule has 2 unspecified atom stereocenters. The van der Waals surface area contributed by atoms with Crippen LogP contribution in [0.3, 0.4) is 0 Å². The molecule has 0 saturated carbocycles. The van der Waals surface area contributed by atoms with Crippen LogP contribution >= 0.6 is 0 Å². The quantitative estimate of drug-likeness (QED) is 0.312. The minimum absolute atomic E-state index is 0.627. The molecule has 134 valence electrons. The molecule has 0 heterocycles. The molecule has 0 aliphatic heterocycles. The SMILES string of the molecule is CCCCCNC(C)CCNCCCNCCC(C)NCC. The van der Waals surface area contributed by atoms with Crippen LogP contribution < -0.4 is 21.3 Å². The molecule has 4 heteroatoms. The maximum atomic E-state index is 3.60. The second-order valence-corrected chi connectivity index (χ2v) is 6.45. The van der Waals surface area contributed by atoms with Crippen LogP contribution in [0.15, 0.2) is 0 Å². The van der Waals surface area contributed by atoms with Gasteiger partial charge in [0, 0.05) is 12.1 Å². The Morgan fingerprint density at radius 1 is 0.636 bits per heavy atom. The van der Waals surface area contributed by atoms with Gasteiger partial charge in [-0.25, -0.2) is 0 Å². The summed E-state index contributed by atoms with van der Waals surface area (Å²) in [5, 5.41) is 14.1. The Labute approximate surface area is 139 Å². The van der Waals surface area contributed by atoms with Gasteiger partial charge >= 0.3 is 0 Å². The molecule has 0 aromatic carbocycles. The Kier molecular flexibility index (Phi) is 17.1. The summed E-state index contributed by atoms with van der Waals surface area (Å²) in [6, 6.07) is 1.26. The average molecular weight is 315 g/mol. The molecule has 0 spiro atoms. The van der Waals surface area contributed by atoms with Gasteiger partial charge in [-0.3, -0.25) is 0 Å².